The Kier molecular flexibility index (Phi) is 5.82. The fourth-order valence-corrected chi connectivity index (χ4v) is 3.55. The molecule has 2 heterocycles. The summed E-state index contributed by atoms with van der Waals surface area (Å²) in [6.45, 7) is 3.66. The van der Waals surface area contributed by atoms with E-state index in [4.69, 9.17) is 16.6 Å². The summed E-state index contributed by atoms with van der Waals surface area (Å²) in [5.74, 6) is -0.212. The van der Waals surface area contributed by atoms with E-state index in [-0.39, 0.29) is 24.8 Å². The van der Waals surface area contributed by atoms with Crippen LogP contribution in [0, 0.1) is 13.8 Å². The van der Waals surface area contributed by atoms with E-state index in [2.05, 4.69) is 10.3 Å². The van der Waals surface area contributed by atoms with E-state index in [1.807, 2.05) is 38.1 Å². The Labute approximate surface area is 185 Å². The van der Waals surface area contributed by atoms with E-state index in [0.717, 1.165) is 16.7 Å². The molecule has 0 atom stereocenters. The summed E-state index contributed by atoms with van der Waals surface area (Å²) in [5.41, 5.74) is 4.57. The number of nitrogens with zero attached hydrogens (tertiary/aromatic N) is 3. The maximum Gasteiger partial charge on any atom is 0.244 e. The number of halogens is 1. The van der Waals surface area contributed by atoms with Gasteiger partial charge in [0.15, 0.2) is 5.82 Å². The summed E-state index contributed by atoms with van der Waals surface area (Å²) in [7, 11) is 0. The number of anilines is 2. The van der Waals surface area contributed by atoms with E-state index >= 15 is 0 Å². The molecule has 31 heavy (non-hydrogen) atoms. The van der Waals surface area contributed by atoms with E-state index in [1.54, 1.807) is 36.5 Å². The monoisotopic (exact) mass is 432 g/mol. The van der Waals surface area contributed by atoms with Crippen LogP contribution in [0.25, 0.3) is 0 Å². The van der Waals surface area contributed by atoms with Crippen LogP contribution in [0.1, 0.15) is 23.1 Å². The van der Waals surface area contributed by atoms with Crippen LogP contribution in [-0.2, 0) is 9.59 Å². The zero-order chi connectivity index (χ0) is 22.0. The fourth-order valence-electron chi connectivity index (χ4n) is 3.38. The third-order valence-corrected chi connectivity index (χ3v) is 5.53. The first-order chi connectivity index (χ1) is 14.9. The van der Waals surface area contributed by atoms with Gasteiger partial charge in [-0.2, -0.15) is 0 Å². The summed E-state index contributed by atoms with van der Waals surface area (Å²) in [6, 6.07) is 16.7. The molecule has 0 aliphatic carbocycles. The molecule has 0 saturated heterocycles. The predicted molar refractivity (Wildman–Crippen MR) is 123 cm³/mol. The topological polar surface area (TPSA) is 74.7 Å². The summed E-state index contributed by atoms with van der Waals surface area (Å²) in [5, 5.41) is 3.40. The van der Waals surface area contributed by atoms with Crippen LogP contribution in [0.4, 0.5) is 17.2 Å². The van der Waals surface area contributed by atoms with Crippen molar-refractivity contribution in [3.8, 4) is 0 Å². The molecule has 3 aromatic rings. The number of fused-ring (bicyclic) bond motifs is 1. The van der Waals surface area contributed by atoms with Crippen molar-refractivity contribution in [2.24, 2.45) is 4.99 Å². The maximum absolute atomic E-state index is 13.1. The minimum Gasteiger partial charge on any atom is -0.324 e. The minimum absolute atomic E-state index is 0.0723. The van der Waals surface area contributed by atoms with Gasteiger partial charge in [-0.05, 0) is 49.2 Å². The highest BCUT2D eigenvalue weighted by Gasteiger charge is 2.27. The van der Waals surface area contributed by atoms with Crippen molar-refractivity contribution in [2.45, 2.75) is 20.3 Å². The van der Waals surface area contributed by atoms with E-state index < -0.39 is 0 Å². The van der Waals surface area contributed by atoms with Crippen molar-refractivity contribution in [1.82, 2.24) is 4.98 Å². The highest BCUT2D eigenvalue weighted by molar-refractivity contribution is 6.31. The molecular weight excluding hydrogens is 412 g/mol. The van der Waals surface area contributed by atoms with Gasteiger partial charge in [-0.15, -0.1) is 0 Å². The molecule has 0 saturated carbocycles. The van der Waals surface area contributed by atoms with Crippen LogP contribution in [0.3, 0.4) is 0 Å². The van der Waals surface area contributed by atoms with Gasteiger partial charge in [-0.3, -0.25) is 14.5 Å². The fraction of sp³-hybridized carbons (Fsp3) is 0.167. The molecule has 0 unspecified atom stereocenters. The number of pyridine rings is 1. The van der Waals surface area contributed by atoms with Gasteiger partial charge in [0.05, 0.1) is 12.1 Å². The van der Waals surface area contributed by atoms with E-state index in [9.17, 15) is 9.59 Å². The first-order valence-electron chi connectivity index (χ1n) is 9.87. The second-order valence-electron chi connectivity index (χ2n) is 7.39. The van der Waals surface area contributed by atoms with Crippen LogP contribution in [0.15, 0.2) is 65.8 Å². The minimum atomic E-state index is -0.339. The van der Waals surface area contributed by atoms with Gasteiger partial charge in [0, 0.05) is 16.9 Å². The number of aliphatic imine (C=N–C) groups is 1. The number of benzene rings is 2. The second-order valence-corrected chi connectivity index (χ2v) is 7.80. The highest BCUT2D eigenvalue weighted by atomic mass is 35.5. The Morgan fingerprint density at radius 2 is 1.87 bits per heavy atom. The number of aryl methyl sites for hydroxylation is 1. The van der Waals surface area contributed by atoms with Crippen molar-refractivity contribution in [2.75, 3.05) is 16.8 Å². The number of aromatic nitrogens is 1. The predicted octanol–water partition coefficient (Wildman–Crippen LogP) is 4.85. The summed E-state index contributed by atoms with van der Waals surface area (Å²) < 4.78 is 0. The third kappa shape index (κ3) is 4.49. The number of amides is 2. The molecule has 0 fully saturated rings. The molecule has 1 aliphatic rings. The SMILES string of the molecule is Cc1ccc(C2=Nc3cccnc3N(CC(=O)Nc3cccc(Cl)c3C)C(=O)C2)cc1. The quantitative estimate of drug-likeness (QED) is 0.640. The van der Waals surface area contributed by atoms with Gasteiger partial charge in [-0.1, -0.05) is 47.5 Å². The van der Waals surface area contributed by atoms with Crippen molar-refractivity contribution < 1.29 is 9.59 Å². The first kappa shape index (κ1) is 20.8. The van der Waals surface area contributed by atoms with Crippen molar-refractivity contribution in [1.29, 1.82) is 0 Å². The Hall–Kier alpha value is -3.51. The Morgan fingerprint density at radius 1 is 1.10 bits per heavy atom. The molecule has 156 valence electrons. The largest absolute Gasteiger partial charge is 0.324 e. The van der Waals surface area contributed by atoms with Crippen LogP contribution in [0.5, 0.6) is 0 Å². The van der Waals surface area contributed by atoms with Gasteiger partial charge in [0.2, 0.25) is 11.8 Å². The molecule has 0 spiro atoms. The van der Waals surface area contributed by atoms with Crippen molar-refractivity contribution in [3.05, 3.63) is 82.5 Å². The molecule has 4 rings (SSSR count). The normalized spacial score (nSPS) is 13.3. The molecule has 1 aromatic heterocycles. The molecule has 1 N–H and O–H groups in total. The maximum atomic E-state index is 13.1. The molecule has 1 aliphatic heterocycles. The molecule has 2 amide bonds. The second kappa shape index (κ2) is 8.70. The standard InChI is InChI=1S/C24H21ClN4O2/c1-15-8-10-17(11-9-15)21-13-23(31)29(24-20(27-21)7-4-12-26-24)14-22(30)28-19-6-3-5-18(25)16(19)2/h3-12H,13-14H2,1-2H3,(H,28,30). The number of nitrogens with one attached hydrogen (secondary N) is 1. The zero-order valence-corrected chi connectivity index (χ0v) is 18.0. The molecular formula is C24H21ClN4O2. The average Bonchev–Trinajstić information content (AvgIpc) is 2.89. The Bertz CT molecular complexity index is 1190. The smallest absolute Gasteiger partial charge is 0.244 e. The van der Waals surface area contributed by atoms with Gasteiger partial charge in [-0.25, -0.2) is 9.98 Å². The Balaban J connectivity index is 1.61. The van der Waals surface area contributed by atoms with Gasteiger partial charge < -0.3 is 5.32 Å². The number of carbonyl (C=O) groups excluding carboxylic acids is 2. The molecule has 2 aromatic carbocycles. The number of rotatable bonds is 4. The van der Waals surface area contributed by atoms with Crippen molar-refractivity contribution >= 4 is 46.3 Å². The van der Waals surface area contributed by atoms with E-state index in [0.29, 0.717) is 27.9 Å². The van der Waals surface area contributed by atoms with Crippen molar-refractivity contribution in [3.63, 3.8) is 0 Å². The van der Waals surface area contributed by atoms with Gasteiger partial charge in [0.25, 0.3) is 0 Å². The van der Waals surface area contributed by atoms with Crippen LogP contribution in [-0.4, -0.2) is 29.1 Å². The lowest BCUT2D eigenvalue weighted by atomic mass is 10.1. The summed E-state index contributed by atoms with van der Waals surface area (Å²) >= 11 is 6.14. The summed E-state index contributed by atoms with van der Waals surface area (Å²) in [6.07, 6.45) is 1.66. The molecule has 7 heteroatoms. The number of carbonyl (C=O) groups is 2. The first-order valence-corrected chi connectivity index (χ1v) is 10.2. The van der Waals surface area contributed by atoms with Crippen LogP contribution >= 0.6 is 11.6 Å². The highest BCUT2D eigenvalue weighted by Crippen LogP contribution is 2.31. The van der Waals surface area contributed by atoms with Crippen LogP contribution in [0.2, 0.25) is 5.02 Å². The average molecular weight is 433 g/mol. The lowest BCUT2D eigenvalue weighted by Crippen LogP contribution is -2.39. The molecule has 0 bridgehead atoms. The molecule has 0 radical (unpaired) electrons. The Morgan fingerprint density at radius 3 is 2.65 bits per heavy atom. The number of hydrogen-bond donors (Lipinski definition) is 1. The lowest BCUT2D eigenvalue weighted by Gasteiger charge is -2.21. The zero-order valence-electron chi connectivity index (χ0n) is 17.2. The molecule has 6 nitrogen and oxygen atoms in total. The lowest BCUT2D eigenvalue weighted by molar-refractivity contribution is -0.120. The van der Waals surface area contributed by atoms with Gasteiger partial charge >= 0.3 is 0 Å². The third-order valence-electron chi connectivity index (χ3n) is 5.13. The van der Waals surface area contributed by atoms with Gasteiger partial charge in [0.1, 0.15) is 12.2 Å². The number of hydrogen-bond acceptors (Lipinski definition) is 4. The van der Waals surface area contributed by atoms with Crippen LogP contribution < -0.4 is 10.2 Å². The van der Waals surface area contributed by atoms with E-state index in [1.165, 1.54) is 4.90 Å². The summed E-state index contributed by atoms with van der Waals surface area (Å²) in [4.78, 5) is 36.4.